The second kappa shape index (κ2) is 4.35. The lowest BCUT2D eigenvalue weighted by Crippen LogP contribution is -2.18. The molecule has 0 aliphatic rings. The highest BCUT2D eigenvalue weighted by molar-refractivity contribution is 5.76. The summed E-state index contributed by atoms with van der Waals surface area (Å²) in [5.74, 6) is 0. The summed E-state index contributed by atoms with van der Waals surface area (Å²) < 4.78 is 4.26. The standard InChI is InChI=1S/C16H15N2O/c1-12-7-8-18-10-15(17(2)16(18)9-12)14-5-3-13(11-19)4-6-14/h3-11H,1-2H3/q+1. The van der Waals surface area contributed by atoms with Gasteiger partial charge >= 0.3 is 0 Å². The predicted octanol–water partition coefficient (Wildman–Crippen LogP) is 2.55. The molecule has 0 unspecified atom stereocenters. The number of nitrogens with zero attached hydrogens (tertiary/aromatic N) is 2. The second-order valence-electron chi connectivity index (χ2n) is 4.78. The first-order chi connectivity index (χ1) is 9.19. The molecule has 3 nitrogen and oxygen atoms in total. The summed E-state index contributed by atoms with van der Waals surface area (Å²) >= 11 is 0. The molecule has 0 saturated heterocycles. The molecule has 1 aromatic carbocycles. The first kappa shape index (κ1) is 11.7. The maximum Gasteiger partial charge on any atom is 0.286 e. The highest BCUT2D eigenvalue weighted by Crippen LogP contribution is 2.20. The Bertz CT molecular complexity index is 754. The molecule has 94 valence electrons. The zero-order chi connectivity index (χ0) is 13.4. The fourth-order valence-electron chi connectivity index (χ4n) is 2.32. The predicted molar refractivity (Wildman–Crippen MR) is 74.1 cm³/mol. The summed E-state index contributed by atoms with van der Waals surface area (Å²) in [6, 6.07) is 11.9. The number of aryl methyl sites for hydroxylation is 2. The van der Waals surface area contributed by atoms with E-state index < -0.39 is 0 Å². The van der Waals surface area contributed by atoms with E-state index in [4.69, 9.17) is 0 Å². The van der Waals surface area contributed by atoms with Crippen LogP contribution in [0.15, 0.2) is 48.8 Å². The number of carbonyl (C=O) groups excluding carboxylic acids is 1. The molecule has 2 aromatic heterocycles. The van der Waals surface area contributed by atoms with Gasteiger partial charge in [0, 0.05) is 17.2 Å². The molecule has 3 aromatic rings. The Labute approximate surface area is 111 Å². The summed E-state index contributed by atoms with van der Waals surface area (Å²) in [5.41, 5.74) is 5.32. The van der Waals surface area contributed by atoms with Crippen molar-refractivity contribution in [3.8, 4) is 11.3 Å². The molecular formula is C16H15N2O+. The van der Waals surface area contributed by atoms with Gasteiger partial charge in [0.25, 0.3) is 5.65 Å². The second-order valence-corrected chi connectivity index (χ2v) is 4.78. The number of imidazole rings is 1. The number of aromatic nitrogens is 2. The summed E-state index contributed by atoms with van der Waals surface area (Å²) in [6.45, 7) is 2.09. The highest BCUT2D eigenvalue weighted by atomic mass is 16.1. The Kier molecular flexibility index (Phi) is 2.67. The van der Waals surface area contributed by atoms with Gasteiger partial charge in [-0.2, -0.15) is 0 Å². The van der Waals surface area contributed by atoms with Gasteiger partial charge in [-0.05, 0) is 30.7 Å². The van der Waals surface area contributed by atoms with Gasteiger partial charge in [0.1, 0.15) is 12.5 Å². The molecule has 3 rings (SSSR count). The molecule has 0 amide bonds. The van der Waals surface area contributed by atoms with Crippen LogP contribution in [-0.2, 0) is 7.05 Å². The number of hydrogen-bond acceptors (Lipinski definition) is 1. The van der Waals surface area contributed by atoms with E-state index in [1.807, 2.05) is 24.3 Å². The lowest BCUT2D eigenvalue weighted by molar-refractivity contribution is -0.510. The SMILES string of the molecule is Cc1cc[n+]2cc(-c3ccc(C=O)cc3)n(C)c2c1. The number of aldehydes is 1. The van der Waals surface area contributed by atoms with Gasteiger partial charge in [0.15, 0.2) is 5.69 Å². The van der Waals surface area contributed by atoms with Gasteiger partial charge in [0.05, 0.1) is 13.2 Å². The van der Waals surface area contributed by atoms with E-state index in [1.54, 1.807) is 0 Å². The summed E-state index contributed by atoms with van der Waals surface area (Å²) in [7, 11) is 2.05. The quantitative estimate of drug-likeness (QED) is 0.508. The molecule has 19 heavy (non-hydrogen) atoms. The fourth-order valence-corrected chi connectivity index (χ4v) is 2.32. The number of pyridine rings is 1. The molecule has 0 atom stereocenters. The van der Waals surface area contributed by atoms with E-state index in [0.29, 0.717) is 5.56 Å². The molecule has 0 radical (unpaired) electrons. The number of carbonyl (C=O) groups is 1. The topological polar surface area (TPSA) is 26.1 Å². The minimum absolute atomic E-state index is 0.700. The van der Waals surface area contributed by atoms with E-state index in [0.717, 1.165) is 23.2 Å². The van der Waals surface area contributed by atoms with Crippen LogP contribution in [0.2, 0.25) is 0 Å². The van der Waals surface area contributed by atoms with Crippen molar-refractivity contribution in [2.75, 3.05) is 0 Å². The van der Waals surface area contributed by atoms with Crippen molar-refractivity contribution in [2.24, 2.45) is 7.05 Å². The molecule has 3 heteroatoms. The molecule has 0 fully saturated rings. The molecule has 0 bridgehead atoms. The van der Waals surface area contributed by atoms with Crippen molar-refractivity contribution in [1.29, 1.82) is 0 Å². The molecule has 0 N–H and O–H groups in total. The van der Waals surface area contributed by atoms with Crippen LogP contribution in [0.4, 0.5) is 0 Å². The van der Waals surface area contributed by atoms with Gasteiger partial charge in [0.2, 0.25) is 0 Å². The fraction of sp³-hybridized carbons (Fsp3) is 0.125. The maximum absolute atomic E-state index is 10.7. The van der Waals surface area contributed by atoms with E-state index >= 15 is 0 Å². The average molecular weight is 251 g/mol. The third kappa shape index (κ3) is 1.93. The highest BCUT2D eigenvalue weighted by Gasteiger charge is 2.15. The van der Waals surface area contributed by atoms with Gasteiger partial charge in [-0.3, -0.25) is 4.79 Å². The van der Waals surface area contributed by atoms with Crippen LogP contribution in [0.1, 0.15) is 15.9 Å². The monoisotopic (exact) mass is 251 g/mol. The van der Waals surface area contributed by atoms with Crippen LogP contribution in [-0.4, -0.2) is 10.9 Å². The van der Waals surface area contributed by atoms with Crippen molar-refractivity contribution < 1.29 is 9.20 Å². The smallest absolute Gasteiger partial charge is 0.286 e. The zero-order valence-electron chi connectivity index (χ0n) is 11.0. The first-order valence-corrected chi connectivity index (χ1v) is 6.22. The third-order valence-electron chi connectivity index (χ3n) is 3.43. The van der Waals surface area contributed by atoms with E-state index in [1.165, 1.54) is 5.56 Å². The number of hydrogen-bond donors (Lipinski definition) is 0. The Morgan fingerprint density at radius 2 is 1.89 bits per heavy atom. The van der Waals surface area contributed by atoms with Gasteiger partial charge in [-0.25, -0.2) is 8.97 Å². The van der Waals surface area contributed by atoms with Crippen LogP contribution in [0.25, 0.3) is 16.9 Å². The van der Waals surface area contributed by atoms with Gasteiger partial charge in [-0.1, -0.05) is 12.1 Å². The Morgan fingerprint density at radius 3 is 2.58 bits per heavy atom. The number of benzene rings is 1. The van der Waals surface area contributed by atoms with E-state index in [2.05, 4.69) is 47.5 Å². The molecular weight excluding hydrogens is 236 g/mol. The molecule has 0 spiro atoms. The van der Waals surface area contributed by atoms with E-state index in [9.17, 15) is 4.79 Å². The molecule has 0 aliphatic heterocycles. The van der Waals surface area contributed by atoms with Crippen LogP contribution in [0.3, 0.4) is 0 Å². The normalized spacial score (nSPS) is 10.8. The van der Waals surface area contributed by atoms with Gasteiger partial charge in [-0.15, -0.1) is 0 Å². The average Bonchev–Trinajstić information content (AvgIpc) is 2.76. The Hall–Kier alpha value is -2.42. The Morgan fingerprint density at radius 1 is 1.16 bits per heavy atom. The van der Waals surface area contributed by atoms with Crippen molar-refractivity contribution in [1.82, 2.24) is 4.57 Å². The molecule has 0 saturated carbocycles. The third-order valence-corrected chi connectivity index (χ3v) is 3.43. The summed E-state index contributed by atoms with van der Waals surface area (Å²) in [6.07, 6.45) is 5.03. The van der Waals surface area contributed by atoms with Crippen LogP contribution in [0.5, 0.6) is 0 Å². The van der Waals surface area contributed by atoms with Crippen molar-refractivity contribution in [3.63, 3.8) is 0 Å². The van der Waals surface area contributed by atoms with Crippen LogP contribution < -0.4 is 4.40 Å². The Balaban J connectivity index is 2.18. The van der Waals surface area contributed by atoms with Crippen LogP contribution >= 0.6 is 0 Å². The minimum atomic E-state index is 0.700. The molecule has 0 aliphatic carbocycles. The maximum atomic E-state index is 10.7. The minimum Gasteiger partial charge on any atom is -0.298 e. The van der Waals surface area contributed by atoms with Gasteiger partial charge < -0.3 is 0 Å². The zero-order valence-corrected chi connectivity index (χ0v) is 11.0. The molecule has 2 heterocycles. The number of fused-ring (bicyclic) bond motifs is 1. The van der Waals surface area contributed by atoms with Crippen LogP contribution in [0, 0.1) is 6.92 Å². The first-order valence-electron chi connectivity index (χ1n) is 6.22. The lowest BCUT2D eigenvalue weighted by atomic mass is 10.1. The van der Waals surface area contributed by atoms with E-state index in [-0.39, 0.29) is 0 Å². The number of rotatable bonds is 2. The van der Waals surface area contributed by atoms with Crippen molar-refractivity contribution in [3.05, 3.63) is 59.9 Å². The van der Waals surface area contributed by atoms with Crippen molar-refractivity contribution >= 4 is 11.9 Å². The summed E-state index contributed by atoms with van der Waals surface area (Å²) in [4.78, 5) is 10.7. The summed E-state index contributed by atoms with van der Waals surface area (Å²) in [5, 5.41) is 0. The lowest BCUT2D eigenvalue weighted by Gasteiger charge is -1.97. The largest absolute Gasteiger partial charge is 0.298 e. The van der Waals surface area contributed by atoms with Crippen molar-refractivity contribution in [2.45, 2.75) is 6.92 Å².